The number of anilines is 1. The lowest BCUT2D eigenvalue weighted by atomic mass is 10.3. The third kappa shape index (κ3) is 2.87. The van der Waals surface area contributed by atoms with E-state index in [4.69, 9.17) is 0 Å². The fourth-order valence-corrected chi connectivity index (χ4v) is 3.18. The van der Waals surface area contributed by atoms with Gasteiger partial charge >= 0.3 is 0 Å². The van der Waals surface area contributed by atoms with Crippen LogP contribution in [-0.4, -0.2) is 23.1 Å². The second kappa shape index (κ2) is 5.52. The molecular weight excluding hydrogens is 296 g/mol. The van der Waals surface area contributed by atoms with Gasteiger partial charge in [-0.05, 0) is 19.9 Å². The van der Waals surface area contributed by atoms with E-state index >= 15 is 0 Å². The minimum Gasteiger partial charge on any atom is -0.276 e. The van der Waals surface area contributed by atoms with E-state index in [1.165, 1.54) is 24.4 Å². The van der Waals surface area contributed by atoms with Crippen molar-refractivity contribution in [2.24, 2.45) is 0 Å². The number of aryl methyl sites for hydroxylation is 1. The van der Waals surface area contributed by atoms with E-state index in [0.29, 0.717) is 17.9 Å². The molecule has 21 heavy (non-hydrogen) atoms. The summed E-state index contributed by atoms with van der Waals surface area (Å²) in [4.78, 5) is 9.83. The van der Waals surface area contributed by atoms with Crippen LogP contribution in [0.3, 0.4) is 0 Å². The first-order valence-electron chi connectivity index (χ1n) is 6.15. The lowest BCUT2D eigenvalue weighted by Gasteiger charge is -2.08. The molecule has 112 valence electrons. The Balaban J connectivity index is 2.44. The van der Waals surface area contributed by atoms with Gasteiger partial charge in [0.2, 0.25) is 0 Å². The number of nitrogens with one attached hydrogen (secondary N) is 1. The van der Waals surface area contributed by atoms with Gasteiger partial charge in [-0.2, -0.15) is 5.10 Å². The third-order valence-corrected chi connectivity index (χ3v) is 4.41. The van der Waals surface area contributed by atoms with Crippen LogP contribution in [0.15, 0.2) is 35.4 Å². The Hall–Kier alpha value is -2.42. The van der Waals surface area contributed by atoms with Crippen molar-refractivity contribution in [3.8, 4) is 0 Å². The Kier molecular flexibility index (Phi) is 3.94. The molecule has 2 aromatic rings. The van der Waals surface area contributed by atoms with E-state index in [2.05, 4.69) is 9.82 Å². The fraction of sp³-hybridized carbons (Fsp3) is 0.250. The van der Waals surface area contributed by atoms with Crippen LogP contribution < -0.4 is 4.72 Å². The summed E-state index contributed by atoms with van der Waals surface area (Å²) in [6, 6.07) is 5.19. The van der Waals surface area contributed by atoms with Gasteiger partial charge in [-0.25, -0.2) is 8.42 Å². The lowest BCUT2D eigenvalue weighted by Crippen LogP contribution is -2.15. The summed E-state index contributed by atoms with van der Waals surface area (Å²) in [5, 5.41) is 15.0. The summed E-state index contributed by atoms with van der Waals surface area (Å²) in [7, 11) is -4.05. The van der Waals surface area contributed by atoms with Gasteiger partial charge < -0.3 is 0 Å². The van der Waals surface area contributed by atoms with Crippen molar-refractivity contribution in [1.82, 2.24) is 9.78 Å². The molecule has 0 atom stereocenters. The zero-order valence-electron chi connectivity index (χ0n) is 11.5. The maximum atomic E-state index is 12.3. The molecule has 0 fully saturated rings. The van der Waals surface area contributed by atoms with Crippen LogP contribution in [0.1, 0.15) is 12.6 Å². The Morgan fingerprint density at radius 3 is 2.62 bits per heavy atom. The lowest BCUT2D eigenvalue weighted by molar-refractivity contribution is -0.387. The summed E-state index contributed by atoms with van der Waals surface area (Å²) in [5.74, 6) is 0. The van der Waals surface area contributed by atoms with Gasteiger partial charge in [-0.15, -0.1) is 0 Å². The molecule has 0 unspecified atom stereocenters. The number of nitro groups is 1. The SMILES string of the molecule is CCn1ncc(NS(=O)(=O)c2ccccc2[N+](=O)[O-])c1C. The van der Waals surface area contributed by atoms with Crippen molar-refractivity contribution in [2.75, 3.05) is 4.72 Å². The molecule has 1 aromatic carbocycles. The van der Waals surface area contributed by atoms with Crippen LogP contribution in [0.4, 0.5) is 11.4 Å². The molecule has 0 saturated carbocycles. The summed E-state index contributed by atoms with van der Waals surface area (Å²) in [6.07, 6.45) is 1.38. The van der Waals surface area contributed by atoms with Gasteiger partial charge in [-0.3, -0.25) is 19.5 Å². The molecule has 1 heterocycles. The average Bonchev–Trinajstić information content (AvgIpc) is 2.79. The van der Waals surface area contributed by atoms with Gasteiger partial charge in [0, 0.05) is 12.6 Å². The van der Waals surface area contributed by atoms with Crippen LogP contribution in [0.5, 0.6) is 0 Å². The summed E-state index contributed by atoms with van der Waals surface area (Å²) >= 11 is 0. The minimum atomic E-state index is -4.05. The number of sulfonamides is 1. The Morgan fingerprint density at radius 1 is 1.38 bits per heavy atom. The molecule has 1 aromatic heterocycles. The number of aromatic nitrogens is 2. The highest BCUT2D eigenvalue weighted by molar-refractivity contribution is 7.92. The quantitative estimate of drug-likeness (QED) is 0.670. The molecule has 2 rings (SSSR count). The van der Waals surface area contributed by atoms with Crippen molar-refractivity contribution in [3.63, 3.8) is 0 Å². The molecule has 8 nitrogen and oxygen atoms in total. The van der Waals surface area contributed by atoms with Gasteiger partial charge in [0.25, 0.3) is 15.7 Å². The molecule has 0 radical (unpaired) electrons. The molecule has 0 amide bonds. The number of hydrogen-bond acceptors (Lipinski definition) is 5. The summed E-state index contributed by atoms with van der Waals surface area (Å²) < 4.78 is 28.6. The van der Waals surface area contributed by atoms with E-state index in [0.717, 1.165) is 6.07 Å². The van der Waals surface area contributed by atoms with E-state index in [9.17, 15) is 18.5 Å². The summed E-state index contributed by atoms with van der Waals surface area (Å²) in [5.41, 5.74) is 0.472. The van der Waals surface area contributed by atoms with Gasteiger partial charge in [0.15, 0.2) is 4.90 Å². The van der Waals surface area contributed by atoms with E-state index in [-0.39, 0.29) is 4.90 Å². The van der Waals surface area contributed by atoms with Crippen molar-refractivity contribution in [2.45, 2.75) is 25.3 Å². The molecule has 0 saturated heterocycles. The van der Waals surface area contributed by atoms with Crippen LogP contribution in [-0.2, 0) is 16.6 Å². The second-order valence-electron chi connectivity index (χ2n) is 4.29. The number of nitro benzene ring substituents is 1. The van der Waals surface area contributed by atoms with Crippen molar-refractivity contribution in [1.29, 1.82) is 0 Å². The van der Waals surface area contributed by atoms with Crippen LogP contribution in [0, 0.1) is 17.0 Å². The van der Waals surface area contributed by atoms with Crippen LogP contribution in [0.25, 0.3) is 0 Å². The number of hydrogen-bond donors (Lipinski definition) is 1. The van der Waals surface area contributed by atoms with Crippen LogP contribution >= 0.6 is 0 Å². The maximum Gasteiger partial charge on any atom is 0.289 e. The standard InChI is InChI=1S/C12H14N4O4S/c1-3-15-9(2)10(8-13-15)14-21(19,20)12-7-5-4-6-11(12)16(17)18/h4-8,14H,3H2,1-2H3. The van der Waals surface area contributed by atoms with E-state index < -0.39 is 20.6 Å². The molecule has 0 bridgehead atoms. The van der Waals surface area contributed by atoms with Gasteiger partial charge in [0.1, 0.15) is 0 Å². The highest BCUT2D eigenvalue weighted by atomic mass is 32.2. The first-order chi connectivity index (χ1) is 9.86. The zero-order chi connectivity index (χ0) is 15.6. The van der Waals surface area contributed by atoms with Crippen molar-refractivity contribution in [3.05, 3.63) is 46.3 Å². The predicted octanol–water partition coefficient (Wildman–Crippen LogP) is 1.92. The molecule has 9 heteroatoms. The second-order valence-corrected chi connectivity index (χ2v) is 5.94. The molecule has 0 aliphatic heterocycles. The van der Waals surface area contributed by atoms with E-state index in [1.807, 2.05) is 6.92 Å². The largest absolute Gasteiger partial charge is 0.289 e. The number of rotatable bonds is 5. The maximum absolute atomic E-state index is 12.3. The summed E-state index contributed by atoms with van der Waals surface area (Å²) in [6.45, 7) is 4.19. The van der Waals surface area contributed by atoms with Crippen molar-refractivity contribution < 1.29 is 13.3 Å². The predicted molar refractivity (Wildman–Crippen MR) is 76.5 cm³/mol. The van der Waals surface area contributed by atoms with E-state index in [1.54, 1.807) is 11.6 Å². The zero-order valence-corrected chi connectivity index (χ0v) is 12.3. The number of benzene rings is 1. The average molecular weight is 310 g/mol. The first-order valence-corrected chi connectivity index (χ1v) is 7.63. The smallest absolute Gasteiger partial charge is 0.276 e. The normalized spacial score (nSPS) is 11.3. The molecular formula is C12H14N4O4S. The topological polar surface area (TPSA) is 107 Å². The van der Waals surface area contributed by atoms with Gasteiger partial charge in [0.05, 0.1) is 22.5 Å². The Labute approximate surface area is 121 Å². The monoisotopic (exact) mass is 310 g/mol. The Morgan fingerprint density at radius 2 is 2.05 bits per heavy atom. The number of nitrogens with zero attached hydrogens (tertiary/aromatic N) is 3. The Bertz CT molecular complexity index is 782. The molecule has 0 spiro atoms. The highest BCUT2D eigenvalue weighted by Gasteiger charge is 2.26. The highest BCUT2D eigenvalue weighted by Crippen LogP contribution is 2.26. The molecule has 0 aliphatic carbocycles. The molecule has 1 N–H and O–H groups in total. The van der Waals surface area contributed by atoms with Gasteiger partial charge in [-0.1, -0.05) is 12.1 Å². The van der Waals surface area contributed by atoms with Crippen molar-refractivity contribution >= 4 is 21.4 Å². The molecule has 0 aliphatic rings. The fourth-order valence-electron chi connectivity index (χ4n) is 1.90. The third-order valence-electron chi connectivity index (χ3n) is 3.00. The minimum absolute atomic E-state index is 0.301. The first kappa shape index (κ1) is 15.0. The van der Waals surface area contributed by atoms with Crippen LogP contribution in [0.2, 0.25) is 0 Å². The number of para-hydroxylation sites is 1.